The van der Waals surface area contributed by atoms with Crippen LogP contribution in [0.1, 0.15) is 64.7 Å². The second kappa shape index (κ2) is 11.8. The van der Waals surface area contributed by atoms with Gasteiger partial charge in [-0.1, -0.05) is 50.2 Å². The number of thiazole rings is 1. The van der Waals surface area contributed by atoms with Crippen molar-refractivity contribution < 1.29 is 24.2 Å². The van der Waals surface area contributed by atoms with Gasteiger partial charge in [-0.05, 0) is 56.4 Å². The molecule has 38 heavy (non-hydrogen) atoms. The molecule has 7 nitrogen and oxygen atoms in total. The molecule has 0 saturated carbocycles. The third kappa shape index (κ3) is 5.75. The number of aliphatic hydroxyl groups excluding tert-OH is 1. The number of aromatic nitrogens is 1. The summed E-state index contributed by atoms with van der Waals surface area (Å²) in [5.74, 6) is 0.123. The normalized spacial score (nSPS) is 15.5. The first-order valence-corrected chi connectivity index (χ1v) is 13.7. The Labute approximate surface area is 227 Å². The van der Waals surface area contributed by atoms with Gasteiger partial charge in [0.1, 0.15) is 0 Å². The lowest BCUT2D eigenvalue weighted by atomic mass is 9.94. The minimum Gasteiger partial charge on any atom is -0.503 e. The first-order chi connectivity index (χ1) is 18.2. The van der Waals surface area contributed by atoms with E-state index in [1.165, 1.54) is 16.2 Å². The number of rotatable bonds is 11. The number of hydrogen-bond donors (Lipinski definition) is 1. The first-order valence-electron chi connectivity index (χ1n) is 12.9. The minimum absolute atomic E-state index is 0.0496. The molecule has 0 bridgehead atoms. The molecule has 200 valence electrons. The van der Waals surface area contributed by atoms with Gasteiger partial charge in [0.2, 0.25) is 5.78 Å². The fourth-order valence-electron chi connectivity index (χ4n) is 4.53. The summed E-state index contributed by atoms with van der Waals surface area (Å²) in [6.45, 7) is 11.0. The van der Waals surface area contributed by atoms with Crippen LogP contribution in [0.5, 0.6) is 11.5 Å². The van der Waals surface area contributed by atoms with Gasteiger partial charge in [0.15, 0.2) is 17.3 Å². The molecule has 8 heteroatoms. The van der Waals surface area contributed by atoms with Crippen molar-refractivity contribution in [3.8, 4) is 11.5 Å². The first kappa shape index (κ1) is 27.4. The molecule has 0 spiro atoms. The summed E-state index contributed by atoms with van der Waals surface area (Å²) in [5, 5.41) is 11.8. The Hall–Kier alpha value is -3.65. The fourth-order valence-corrected chi connectivity index (χ4v) is 5.40. The van der Waals surface area contributed by atoms with Crippen LogP contribution in [-0.2, 0) is 11.3 Å². The number of hydrogen-bond acceptors (Lipinski definition) is 7. The van der Waals surface area contributed by atoms with Crippen LogP contribution in [0.3, 0.4) is 0 Å². The van der Waals surface area contributed by atoms with Gasteiger partial charge < -0.3 is 19.5 Å². The van der Waals surface area contributed by atoms with E-state index in [2.05, 4.69) is 18.8 Å². The summed E-state index contributed by atoms with van der Waals surface area (Å²) in [6.07, 6.45) is 0.901. The number of carbonyl (C=O) groups excluding carboxylic acids is 2. The third-order valence-electron chi connectivity index (χ3n) is 6.39. The molecule has 1 N–H and O–H groups in total. The Kier molecular flexibility index (Phi) is 8.52. The lowest BCUT2D eigenvalue weighted by Gasteiger charge is -2.27. The Bertz CT molecular complexity index is 1350. The average Bonchev–Trinajstić information content (AvgIpc) is 3.35. The summed E-state index contributed by atoms with van der Waals surface area (Å²) in [4.78, 5) is 33.6. The van der Waals surface area contributed by atoms with Crippen LogP contribution in [0, 0.1) is 19.8 Å². The van der Waals surface area contributed by atoms with Crippen molar-refractivity contribution in [3.05, 3.63) is 86.6 Å². The van der Waals surface area contributed by atoms with Crippen molar-refractivity contribution in [2.45, 2.75) is 53.6 Å². The van der Waals surface area contributed by atoms with Crippen LogP contribution in [-0.4, -0.2) is 39.9 Å². The molecule has 3 aromatic rings. The van der Waals surface area contributed by atoms with Crippen molar-refractivity contribution in [3.63, 3.8) is 0 Å². The number of amides is 1. The van der Waals surface area contributed by atoms with Crippen LogP contribution < -0.4 is 9.47 Å². The van der Waals surface area contributed by atoms with Gasteiger partial charge in [-0.15, -0.1) is 11.3 Å². The van der Waals surface area contributed by atoms with E-state index >= 15 is 0 Å². The molecule has 1 unspecified atom stereocenters. The zero-order valence-electron chi connectivity index (χ0n) is 22.5. The molecule has 0 radical (unpaired) electrons. The number of ketones is 1. The van der Waals surface area contributed by atoms with Crippen molar-refractivity contribution in [1.82, 2.24) is 9.88 Å². The van der Waals surface area contributed by atoms with Crippen molar-refractivity contribution >= 4 is 23.0 Å². The molecule has 2 heterocycles. The summed E-state index contributed by atoms with van der Waals surface area (Å²) in [7, 11) is 0. The standard InChI is InChI=1S/C30H34N2O5S/c1-6-36-24-16-22(12-13-23(24)37-15-14-18(2)3)26-25(27(33)29-19(4)31-20(5)38-29)28(34)30(35)32(26)17-21-10-8-7-9-11-21/h7-13,16,18,26,34H,6,14-15,17H2,1-5H3. The lowest BCUT2D eigenvalue weighted by molar-refractivity contribution is -0.130. The third-order valence-corrected chi connectivity index (χ3v) is 7.46. The second-order valence-electron chi connectivity index (χ2n) is 9.73. The summed E-state index contributed by atoms with van der Waals surface area (Å²) in [5.41, 5.74) is 2.17. The van der Waals surface area contributed by atoms with Crippen LogP contribution in [0.2, 0.25) is 0 Å². The van der Waals surface area contributed by atoms with Crippen LogP contribution in [0.15, 0.2) is 59.9 Å². The lowest BCUT2D eigenvalue weighted by Crippen LogP contribution is -2.30. The molecule has 1 aromatic heterocycles. The Morgan fingerprint density at radius 2 is 1.84 bits per heavy atom. The van der Waals surface area contributed by atoms with Crippen molar-refractivity contribution in [2.75, 3.05) is 13.2 Å². The summed E-state index contributed by atoms with van der Waals surface area (Å²) in [6, 6.07) is 14.2. The topological polar surface area (TPSA) is 89.0 Å². The molecule has 0 saturated heterocycles. The van der Waals surface area contributed by atoms with Crippen LogP contribution >= 0.6 is 11.3 Å². The monoisotopic (exact) mass is 534 g/mol. The molecule has 0 fully saturated rings. The highest BCUT2D eigenvalue weighted by atomic mass is 32.1. The molecule has 1 amide bonds. The molecular formula is C30H34N2O5S. The predicted molar refractivity (Wildman–Crippen MR) is 148 cm³/mol. The van der Waals surface area contributed by atoms with E-state index in [1.54, 1.807) is 13.0 Å². The maximum absolute atomic E-state index is 13.8. The average molecular weight is 535 g/mol. The van der Waals surface area contributed by atoms with E-state index in [9.17, 15) is 14.7 Å². The quantitative estimate of drug-likeness (QED) is 0.288. The molecule has 1 aliphatic rings. The van der Waals surface area contributed by atoms with Gasteiger partial charge >= 0.3 is 0 Å². The summed E-state index contributed by atoms with van der Waals surface area (Å²) < 4.78 is 11.9. The number of benzene rings is 2. The van der Waals surface area contributed by atoms with E-state index in [1.807, 2.05) is 56.3 Å². The largest absolute Gasteiger partial charge is 0.503 e. The van der Waals surface area contributed by atoms with Crippen molar-refractivity contribution in [1.29, 1.82) is 0 Å². The highest BCUT2D eigenvalue weighted by Gasteiger charge is 2.44. The van der Waals surface area contributed by atoms with Gasteiger partial charge in [0.25, 0.3) is 5.91 Å². The molecular weight excluding hydrogens is 500 g/mol. The zero-order chi connectivity index (χ0) is 27.4. The number of aliphatic hydroxyl groups is 1. The molecule has 1 atom stereocenters. The Morgan fingerprint density at radius 3 is 2.47 bits per heavy atom. The minimum atomic E-state index is -0.805. The van der Waals surface area contributed by atoms with Gasteiger partial charge in [0.05, 0.1) is 40.4 Å². The van der Waals surface area contributed by atoms with E-state index in [0.717, 1.165) is 17.0 Å². The van der Waals surface area contributed by atoms with Gasteiger partial charge in [-0.3, -0.25) is 9.59 Å². The summed E-state index contributed by atoms with van der Waals surface area (Å²) >= 11 is 1.26. The fraction of sp³-hybridized carbons (Fsp3) is 0.367. The van der Waals surface area contributed by atoms with Gasteiger partial charge in [-0.25, -0.2) is 4.98 Å². The SMILES string of the molecule is CCOc1cc(C2C(C(=O)c3sc(C)nc3C)=C(O)C(=O)N2Cc2ccccc2)ccc1OCCC(C)C. The number of carbonyl (C=O) groups is 2. The van der Waals surface area contributed by atoms with Crippen LogP contribution in [0.25, 0.3) is 0 Å². The highest BCUT2D eigenvalue weighted by molar-refractivity contribution is 7.14. The molecule has 1 aliphatic heterocycles. The van der Waals surface area contributed by atoms with E-state index in [4.69, 9.17) is 9.47 Å². The number of ether oxygens (including phenoxy) is 2. The van der Waals surface area contributed by atoms with Crippen LogP contribution in [0.4, 0.5) is 0 Å². The van der Waals surface area contributed by atoms with Gasteiger partial charge in [0, 0.05) is 6.54 Å². The predicted octanol–water partition coefficient (Wildman–Crippen LogP) is 6.36. The zero-order valence-corrected chi connectivity index (χ0v) is 23.3. The smallest absolute Gasteiger partial charge is 0.290 e. The maximum atomic E-state index is 13.8. The number of Topliss-reactive ketones (excluding diaryl/α,β-unsaturated/α-hetero) is 1. The molecule has 0 aliphatic carbocycles. The van der Waals surface area contributed by atoms with E-state index in [0.29, 0.717) is 46.8 Å². The van der Waals surface area contributed by atoms with Gasteiger partial charge in [-0.2, -0.15) is 0 Å². The van der Waals surface area contributed by atoms with Crippen molar-refractivity contribution in [2.24, 2.45) is 5.92 Å². The van der Waals surface area contributed by atoms with E-state index < -0.39 is 23.5 Å². The Morgan fingerprint density at radius 1 is 1.11 bits per heavy atom. The Balaban J connectivity index is 1.78. The molecule has 4 rings (SSSR count). The van der Waals surface area contributed by atoms with E-state index in [-0.39, 0.29) is 12.1 Å². The maximum Gasteiger partial charge on any atom is 0.290 e. The highest BCUT2D eigenvalue weighted by Crippen LogP contribution is 2.43. The molecule has 2 aromatic carbocycles. The second-order valence-corrected chi connectivity index (χ2v) is 10.9. The number of nitrogens with zero attached hydrogens (tertiary/aromatic N) is 2. The number of aryl methyl sites for hydroxylation is 2.